The summed E-state index contributed by atoms with van der Waals surface area (Å²) in [6.07, 6.45) is 5.30. The number of pyridine rings is 6. The van der Waals surface area contributed by atoms with E-state index in [0.29, 0.717) is 17.1 Å². The normalized spacial score (nSPS) is 10.9. The molecule has 8 aromatic rings. The van der Waals surface area contributed by atoms with Crippen molar-refractivity contribution in [1.29, 1.82) is 0 Å². The lowest BCUT2D eigenvalue weighted by Gasteiger charge is -2.11. The van der Waals surface area contributed by atoms with Gasteiger partial charge in [-0.25, -0.2) is 19.7 Å². The van der Waals surface area contributed by atoms with Crippen molar-refractivity contribution in [2.24, 2.45) is 0 Å². The molecule has 8 nitrogen and oxygen atoms in total. The average Bonchev–Trinajstić information content (AvgIpc) is 3.24. The number of rotatable bonds is 8. The Hall–Kier alpha value is -7.19. The van der Waals surface area contributed by atoms with Gasteiger partial charge in [0.15, 0.2) is 0 Å². The Labute approximate surface area is 300 Å². The second-order valence-corrected chi connectivity index (χ2v) is 12.0. The summed E-state index contributed by atoms with van der Waals surface area (Å²) in [7, 11) is 1.34. The minimum Gasteiger partial charge on any atom is -0.464 e. The first-order valence-corrected chi connectivity index (χ1v) is 16.7. The maximum atomic E-state index is 12.2. The van der Waals surface area contributed by atoms with Gasteiger partial charge in [-0.3, -0.25) is 15.0 Å². The van der Waals surface area contributed by atoms with Crippen LogP contribution in [0.1, 0.15) is 10.5 Å². The number of nitrogens with zero attached hydrogens (tertiary/aromatic N) is 6. The van der Waals surface area contributed by atoms with E-state index in [-0.39, 0.29) is 5.69 Å². The van der Waals surface area contributed by atoms with Gasteiger partial charge in [-0.15, -0.1) is 0 Å². The Kier molecular flexibility index (Phi) is 8.84. The highest BCUT2D eigenvalue weighted by atomic mass is 16.5. The molecule has 0 radical (unpaired) electrons. The summed E-state index contributed by atoms with van der Waals surface area (Å²) < 4.78 is 4.89. The summed E-state index contributed by atoms with van der Waals surface area (Å²) >= 11 is 0. The van der Waals surface area contributed by atoms with Crippen LogP contribution in [0.3, 0.4) is 0 Å². The number of carbonyl (C=O) groups excluding carboxylic acids is 1. The molecule has 8 heteroatoms. The zero-order valence-corrected chi connectivity index (χ0v) is 28.1. The van der Waals surface area contributed by atoms with Gasteiger partial charge in [0.25, 0.3) is 0 Å². The number of methoxy groups -OCH3 is 1. The van der Waals surface area contributed by atoms with E-state index in [4.69, 9.17) is 14.7 Å². The quantitative estimate of drug-likeness (QED) is 0.147. The summed E-state index contributed by atoms with van der Waals surface area (Å²) in [6, 6.07) is 47.7. The Morgan fingerprint density at radius 2 is 0.750 bits per heavy atom. The number of hydrogen-bond donors (Lipinski definition) is 0. The molecular weight excluding hydrogens is 645 g/mol. The molecule has 0 aliphatic heterocycles. The van der Waals surface area contributed by atoms with Crippen LogP contribution >= 0.6 is 0 Å². The van der Waals surface area contributed by atoms with Crippen LogP contribution in [0.5, 0.6) is 0 Å². The topological polar surface area (TPSA) is 104 Å². The van der Waals surface area contributed by atoms with Crippen LogP contribution < -0.4 is 0 Å². The predicted octanol–water partition coefficient (Wildman–Crippen LogP) is 9.51. The second-order valence-electron chi connectivity index (χ2n) is 12.0. The van der Waals surface area contributed by atoms with E-state index in [0.717, 1.165) is 61.9 Å². The van der Waals surface area contributed by atoms with Crippen LogP contribution in [-0.2, 0) is 4.74 Å². The number of carbonyl (C=O) groups is 1. The van der Waals surface area contributed by atoms with E-state index in [9.17, 15) is 4.79 Å². The molecular formula is C44H30N6O2. The second kappa shape index (κ2) is 14.3. The van der Waals surface area contributed by atoms with Gasteiger partial charge in [0.2, 0.25) is 0 Å². The third-order valence-corrected chi connectivity index (χ3v) is 8.61. The summed E-state index contributed by atoms with van der Waals surface area (Å²) in [5, 5.41) is 0. The van der Waals surface area contributed by atoms with Crippen molar-refractivity contribution in [1.82, 2.24) is 29.9 Å². The van der Waals surface area contributed by atoms with Crippen LogP contribution in [0, 0.1) is 0 Å². The van der Waals surface area contributed by atoms with Gasteiger partial charge in [-0.1, -0.05) is 72.8 Å². The summed E-state index contributed by atoms with van der Waals surface area (Å²) in [5.41, 5.74) is 12.2. The summed E-state index contributed by atoms with van der Waals surface area (Å²) in [5.74, 6) is -0.504. The third kappa shape index (κ3) is 6.81. The van der Waals surface area contributed by atoms with E-state index in [2.05, 4.69) is 80.6 Å². The molecule has 6 heterocycles. The fourth-order valence-electron chi connectivity index (χ4n) is 5.97. The van der Waals surface area contributed by atoms with Gasteiger partial charge in [0, 0.05) is 18.6 Å². The molecule has 0 amide bonds. The minimum absolute atomic E-state index is 0.216. The fourth-order valence-corrected chi connectivity index (χ4v) is 5.97. The largest absolute Gasteiger partial charge is 0.464 e. The smallest absolute Gasteiger partial charge is 0.356 e. The van der Waals surface area contributed by atoms with E-state index in [1.54, 1.807) is 30.7 Å². The Morgan fingerprint density at radius 3 is 1.12 bits per heavy atom. The maximum absolute atomic E-state index is 12.2. The SMILES string of the molecule is COC(=O)c1cccc(-c2cc(-c3ccc(-c4ccc(-c5cc(-c6ccccn6)nc(-c6ccccn6)c5)cc4)cc3)cc(-c3ccccn3)n2)n1. The van der Waals surface area contributed by atoms with Gasteiger partial charge < -0.3 is 4.74 Å². The van der Waals surface area contributed by atoms with Crippen LogP contribution in [0.15, 0.2) is 164 Å². The molecule has 0 saturated heterocycles. The zero-order chi connectivity index (χ0) is 35.3. The predicted molar refractivity (Wildman–Crippen MR) is 203 cm³/mol. The molecule has 0 saturated carbocycles. The number of esters is 1. The highest BCUT2D eigenvalue weighted by Crippen LogP contribution is 2.33. The third-order valence-electron chi connectivity index (χ3n) is 8.61. The van der Waals surface area contributed by atoms with Gasteiger partial charge in [0.05, 0.1) is 52.7 Å². The Morgan fingerprint density at radius 1 is 0.385 bits per heavy atom. The molecule has 6 aromatic heterocycles. The first-order chi connectivity index (χ1) is 25.6. The lowest BCUT2D eigenvalue weighted by molar-refractivity contribution is 0.0594. The molecule has 0 spiro atoms. The molecule has 8 rings (SSSR count). The molecule has 0 bridgehead atoms. The van der Waals surface area contributed by atoms with Crippen molar-refractivity contribution in [3.05, 3.63) is 170 Å². The van der Waals surface area contributed by atoms with Crippen molar-refractivity contribution in [3.8, 4) is 78.9 Å². The van der Waals surface area contributed by atoms with E-state index in [1.165, 1.54) is 7.11 Å². The Balaban J connectivity index is 1.11. The van der Waals surface area contributed by atoms with Gasteiger partial charge in [-0.05, 0) is 106 Å². The molecule has 0 aliphatic rings. The molecule has 0 atom stereocenters. The minimum atomic E-state index is -0.504. The highest BCUT2D eigenvalue weighted by molar-refractivity contribution is 5.88. The standard InChI is InChI=1S/C44H30N6O2/c1-52-44(51)39-13-8-12-38(48-39)43-28-34(27-42(50-43)37-11-4-7-24-47-37)32-20-16-30(17-21-32)29-14-18-31(19-15-29)33-25-40(35-9-2-5-22-45-35)49-41(26-33)36-10-3-6-23-46-36/h2-28H,1H3. The molecule has 2 aromatic carbocycles. The number of benzene rings is 2. The van der Waals surface area contributed by atoms with Gasteiger partial charge in [-0.2, -0.15) is 0 Å². The monoisotopic (exact) mass is 674 g/mol. The van der Waals surface area contributed by atoms with E-state index >= 15 is 0 Å². The first-order valence-electron chi connectivity index (χ1n) is 16.7. The average molecular weight is 675 g/mol. The van der Waals surface area contributed by atoms with Crippen molar-refractivity contribution >= 4 is 5.97 Å². The highest BCUT2D eigenvalue weighted by Gasteiger charge is 2.15. The van der Waals surface area contributed by atoms with Crippen molar-refractivity contribution in [3.63, 3.8) is 0 Å². The van der Waals surface area contributed by atoms with Crippen LogP contribution in [0.4, 0.5) is 0 Å². The Bertz CT molecular complexity index is 2430. The lowest BCUT2D eigenvalue weighted by atomic mass is 9.97. The molecule has 0 N–H and O–H groups in total. The van der Waals surface area contributed by atoms with Crippen molar-refractivity contribution in [2.45, 2.75) is 0 Å². The van der Waals surface area contributed by atoms with Crippen LogP contribution in [0.25, 0.3) is 78.9 Å². The molecule has 0 aliphatic carbocycles. The maximum Gasteiger partial charge on any atom is 0.356 e. The van der Waals surface area contributed by atoms with E-state index < -0.39 is 5.97 Å². The zero-order valence-electron chi connectivity index (χ0n) is 28.1. The van der Waals surface area contributed by atoms with Gasteiger partial charge in [0.1, 0.15) is 5.69 Å². The molecule has 0 fully saturated rings. The fraction of sp³-hybridized carbons (Fsp3) is 0.0227. The van der Waals surface area contributed by atoms with E-state index in [1.807, 2.05) is 72.8 Å². The van der Waals surface area contributed by atoms with Crippen molar-refractivity contribution in [2.75, 3.05) is 7.11 Å². The number of hydrogen-bond acceptors (Lipinski definition) is 8. The first kappa shape index (κ1) is 32.0. The summed E-state index contributed by atoms with van der Waals surface area (Å²) in [4.78, 5) is 40.2. The summed E-state index contributed by atoms with van der Waals surface area (Å²) in [6.45, 7) is 0. The number of aromatic nitrogens is 6. The van der Waals surface area contributed by atoms with Crippen molar-refractivity contribution < 1.29 is 9.53 Å². The molecule has 0 unspecified atom stereocenters. The van der Waals surface area contributed by atoms with Crippen LogP contribution in [-0.4, -0.2) is 43.0 Å². The number of ether oxygens (including phenoxy) is 1. The molecule has 52 heavy (non-hydrogen) atoms. The lowest BCUT2D eigenvalue weighted by Crippen LogP contribution is -2.05. The molecule has 248 valence electrons. The van der Waals surface area contributed by atoms with Crippen LogP contribution in [0.2, 0.25) is 0 Å². The van der Waals surface area contributed by atoms with Gasteiger partial charge >= 0.3 is 5.97 Å².